The lowest BCUT2D eigenvalue weighted by atomic mass is 9.95. The molecule has 0 aromatic carbocycles. The van der Waals surface area contributed by atoms with Crippen molar-refractivity contribution in [3.63, 3.8) is 0 Å². The van der Waals surface area contributed by atoms with Gasteiger partial charge in [0.25, 0.3) is 0 Å². The van der Waals surface area contributed by atoms with Gasteiger partial charge in [0.15, 0.2) is 0 Å². The van der Waals surface area contributed by atoms with Crippen molar-refractivity contribution in [1.82, 2.24) is 10.6 Å². The number of nitrogens with one attached hydrogen (secondary N) is 2. The van der Waals surface area contributed by atoms with Gasteiger partial charge in [-0.1, -0.05) is 32.4 Å². The second-order valence-electron chi connectivity index (χ2n) is 4.29. The first-order valence-electron chi connectivity index (χ1n) is 5.81. The molecule has 0 unspecified atom stereocenters. The van der Waals surface area contributed by atoms with E-state index in [-0.39, 0.29) is 0 Å². The fourth-order valence-corrected chi connectivity index (χ4v) is 1.60. The summed E-state index contributed by atoms with van der Waals surface area (Å²) in [5.41, 5.74) is 2.12. The average Bonchev–Trinajstić information content (AvgIpc) is 2.19. The molecule has 0 saturated heterocycles. The molecule has 0 bridgehead atoms. The van der Waals surface area contributed by atoms with Gasteiger partial charge in [-0.3, -0.25) is 0 Å². The normalized spacial score (nSPS) is 15.9. The largest absolute Gasteiger partial charge is 0.392 e. The number of hydrogen-bond donors (Lipinski definition) is 2. The molecule has 1 rings (SSSR count). The zero-order chi connectivity index (χ0) is 11.7. The first kappa shape index (κ1) is 14.1. The van der Waals surface area contributed by atoms with E-state index in [1.165, 1.54) is 32.1 Å². The molecule has 2 N–H and O–H groups in total. The SMILES string of the molecule is C=C(C)NC.C=C(C)NC1CCCCC1. The van der Waals surface area contributed by atoms with Gasteiger partial charge < -0.3 is 10.6 Å². The lowest BCUT2D eigenvalue weighted by Gasteiger charge is -2.23. The van der Waals surface area contributed by atoms with Gasteiger partial charge in [0.1, 0.15) is 0 Å². The summed E-state index contributed by atoms with van der Waals surface area (Å²) in [6.45, 7) is 11.4. The van der Waals surface area contributed by atoms with Crippen LogP contribution in [0, 0.1) is 0 Å². The minimum Gasteiger partial charge on any atom is -0.392 e. The van der Waals surface area contributed by atoms with Crippen molar-refractivity contribution in [1.29, 1.82) is 0 Å². The minimum absolute atomic E-state index is 0.728. The van der Waals surface area contributed by atoms with Crippen LogP contribution >= 0.6 is 0 Å². The highest BCUT2D eigenvalue weighted by Gasteiger charge is 2.11. The van der Waals surface area contributed by atoms with Crippen LogP contribution in [0.2, 0.25) is 0 Å². The van der Waals surface area contributed by atoms with Crippen LogP contribution < -0.4 is 10.6 Å². The second kappa shape index (κ2) is 8.39. The molecule has 1 saturated carbocycles. The summed E-state index contributed by atoms with van der Waals surface area (Å²) in [6.07, 6.45) is 6.89. The molecular formula is C13H26N2. The van der Waals surface area contributed by atoms with Gasteiger partial charge in [-0.25, -0.2) is 0 Å². The first-order valence-corrected chi connectivity index (χ1v) is 5.81. The Morgan fingerprint density at radius 2 is 1.47 bits per heavy atom. The Balaban J connectivity index is 0.000000336. The van der Waals surface area contributed by atoms with Crippen molar-refractivity contribution in [2.75, 3.05) is 7.05 Å². The van der Waals surface area contributed by atoms with Crippen molar-refractivity contribution in [2.45, 2.75) is 52.0 Å². The van der Waals surface area contributed by atoms with Crippen molar-refractivity contribution in [3.05, 3.63) is 24.6 Å². The van der Waals surface area contributed by atoms with Crippen LogP contribution in [-0.2, 0) is 0 Å². The highest BCUT2D eigenvalue weighted by molar-refractivity contribution is 4.89. The lowest BCUT2D eigenvalue weighted by Crippen LogP contribution is -2.28. The van der Waals surface area contributed by atoms with Gasteiger partial charge in [0.2, 0.25) is 0 Å². The fraction of sp³-hybridized carbons (Fsp3) is 0.692. The summed E-state index contributed by atoms with van der Waals surface area (Å²) >= 11 is 0. The summed E-state index contributed by atoms with van der Waals surface area (Å²) in [4.78, 5) is 0. The predicted molar refractivity (Wildman–Crippen MR) is 68.7 cm³/mol. The molecule has 1 aliphatic carbocycles. The molecule has 2 heteroatoms. The van der Waals surface area contributed by atoms with Gasteiger partial charge in [0.05, 0.1) is 0 Å². The maximum atomic E-state index is 3.84. The van der Waals surface area contributed by atoms with Crippen molar-refractivity contribution in [3.8, 4) is 0 Å². The van der Waals surface area contributed by atoms with E-state index in [4.69, 9.17) is 0 Å². The van der Waals surface area contributed by atoms with Gasteiger partial charge in [-0.15, -0.1) is 0 Å². The summed E-state index contributed by atoms with van der Waals surface area (Å²) in [5, 5.41) is 6.22. The van der Waals surface area contributed by atoms with Crippen LogP contribution in [-0.4, -0.2) is 13.1 Å². The van der Waals surface area contributed by atoms with E-state index < -0.39 is 0 Å². The topological polar surface area (TPSA) is 24.1 Å². The summed E-state index contributed by atoms with van der Waals surface area (Å²) in [5.74, 6) is 0. The van der Waals surface area contributed by atoms with Crippen molar-refractivity contribution < 1.29 is 0 Å². The second-order valence-corrected chi connectivity index (χ2v) is 4.29. The molecule has 88 valence electrons. The van der Waals surface area contributed by atoms with Crippen LogP contribution in [0.5, 0.6) is 0 Å². The lowest BCUT2D eigenvalue weighted by molar-refractivity contribution is 0.397. The highest BCUT2D eigenvalue weighted by Crippen LogP contribution is 2.17. The minimum atomic E-state index is 0.728. The Labute approximate surface area is 94.8 Å². The van der Waals surface area contributed by atoms with Crippen LogP contribution in [0.4, 0.5) is 0 Å². The van der Waals surface area contributed by atoms with E-state index in [0.717, 1.165) is 17.4 Å². The third-order valence-electron chi connectivity index (χ3n) is 2.48. The van der Waals surface area contributed by atoms with E-state index >= 15 is 0 Å². The van der Waals surface area contributed by atoms with Crippen LogP contribution in [0.3, 0.4) is 0 Å². The van der Waals surface area contributed by atoms with Crippen LogP contribution in [0.1, 0.15) is 46.0 Å². The van der Waals surface area contributed by atoms with Gasteiger partial charge in [-0.05, 0) is 32.4 Å². The molecule has 0 aromatic heterocycles. The third kappa shape index (κ3) is 9.39. The molecule has 0 heterocycles. The molecule has 15 heavy (non-hydrogen) atoms. The fourth-order valence-electron chi connectivity index (χ4n) is 1.60. The first-order chi connectivity index (χ1) is 7.06. The van der Waals surface area contributed by atoms with Crippen LogP contribution in [0.25, 0.3) is 0 Å². The number of rotatable bonds is 3. The van der Waals surface area contributed by atoms with E-state index in [1.807, 2.05) is 20.9 Å². The summed E-state index contributed by atoms with van der Waals surface area (Å²) in [6, 6.07) is 0.728. The van der Waals surface area contributed by atoms with Gasteiger partial charge in [0, 0.05) is 18.8 Å². The molecule has 1 fully saturated rings. The third-order valence-corrected chi connectivity index (χ3v) is 2.48. The maximum absolute atomic E-state index is 3.84. The molecule has 0 radical (unpaired) electrons. The maximum Gasteiger partial charge on any atom is 0.0257 e. The van der Waals surface area contributed by atoms with Crippen LogP contribution in [0.15, 0.2) is 24.6 Å². The summed E-state index contributed by atoms with van der Waals surface area (Å²) < 4.78 is 0. The Morgan fingerprint density at radius 3 is 1.80 bits per heavy atom. The Kier molecular flexibility index (Phi) is 7.88. The molecule has 0 atom stereocenters. The van der Waals surface area contributed by atoms with Gasteiger partial charge in [-0.2, -0.15) is 0 Å². The number of hydrogen-bond acceptors (Lipinski definition) is 2. The zero-order valence-electron chi connectivity index (χ0n) is 10.5. The van der Waals surface area contributed by atoms with Gasteiger partial charge >= 0.3 is 0 Å². The average molecular weight is 210 g/mol. The molecule has 0 spiro atoms. The van der Waals surface area contributed by atoms with E-state index in [2.05, 4.69) is 23.8 Å². The Hall–Kier alpha value is -0.920. The zero-order valence-corrected chi connectivity index (χ0v) is 10.5. The highest BCUT2D eigenvalue weighted by atomic mass is 14.9. The Bertz CT molecular complexity index is 191. The Morgan fingerprint density at radius 1 is 1.00 bits per heavy atom. The molecule has 0 amide bonds. The molecular weight excluding hydrogens is 184 g/mol. The molecule has 0 aromatic rings. The van der Waals surface area contributed by atoms with E-state index in [1.54, 1.807) is 0 Å². The van der Waals surface area contributed by atoms with E-state index in [0.29, 0.717) is 0 Å². The summed E-state index contributed by atoms with van der Waals surface area (Å²) in [7, 11) is 1.85. The number of allylic oxidation sites excluding steroid dienone is 2. The van der Waals surface area contributed by atoms with E-state index in [9.17, 15) is 0 Å². The quantitative estimate of drug-likeness (QED) is 0.747. The van der Waals surface area contributed by atoms with Crippen molar-refractivity contribution >= 4 is 0 Å². The molecule has 2 nitrogen and oxygen atoms in total. The monoisotopic (exact) mass is 210 g/mol. The smallest absolute Gasteiger partial charge is 0.0257 e. The predicted octanol–water partition coefficient (Wildman–Crippen LogP) is 3.18. The molecule has 1 aliphatic rings. The molecule has 0 aliphatic heterocycles. The standard InChI is InChI=1S/C9H17N.C4H9N/c1-8(2)10-9-6-4-3-5-7-9;1-4(2)5-3/h9-10H,1,3-7H2,2H3;5H,1H2,2-3H3. The van der Waals surface area contributed by atoms with Crippen molar-refractivity contribution in [2.24, 2.45) is 0 Å².